The van der Waals surface area contributed by atoms with Crippen LogP contribution in [0.3, 0.4) is 0 Å². The number of carbonyl (C=O) groups is 1. The Morgan fingerprint density at radius 1 is 1.26 bits per heavy atom. The first-order valence-electron chi connectivity index (χ1n) is 6.93. The Bertz CT molecular complexity index is 623. The molecule has 0 spiro atoms. The molecule has 2 aliphatic rings. The number of hydrogen-bond donors (Lipinski definition) is 1. The first-order valence-corrected chi connectivity index (χ1v) is 6.93. The Labute approximate surface area is 111 Å². The number of anilines is 1. The quantitative estimate of drug-likeness (QED) is 0.895. The molecule has 98 valence electrons. The number of fused-ring (bicyclic) bond motifs is 2. The second kappa shape index (κ2) is 4.05. The molecule has 5 heteroatoms. The van der Waals surface area contributed by atoms with Crippen molar-refractivity contribution in [1.29, 1.82) is 0 Å². The maximum absolute atomic E-state index is 12.3. The number of rotatable bonds is 2. The Hall–Kier alpha value is -1.91. The summed E-state index contributed by atoms with van der Waals surface area (Å²) in [5.74, 6) is 1.73. The zero-order valence-electron chi connectivity index (χ0n) is 10.6. The van der Waals surface area contributed by atoms with E-state index in [0.717, 1.165) is 11.3 Å². The monoisotopic (exact) mass is 256 g/mol. The lowest BCUT2D eigenvalue weighted by Gasteiger charge is -2.05. The van der Waals surface area contributed by atoms with Crippen LogP contribution in [0.5, 0.6) is 0 Å². The second-order valence-corrected chi connectivity index (χ2v) is 5.64. The maximum atomic E-state index is 12.3. The molecule has 1 N–H and O–H groups in total. The van der Waals surface area contributed by atoms with Gasteiger partial charge in [0, 0.05) is 12.1 Å². The Balaban J connectivity index is 1.50. The van der Waals surface area contributed by atoms with Crippen molar-refractivity contribution in [3.8, 4) is 0 Å². The maximum Gasteiger partial charge on any atom is 0.228 e. The molecule has 4 rings (SSSR count). The summed E-state index contributed by atoms with van der Waals surface area (Å²) in [6.07, 6.45) is 8.54. The summed E-state index contributed by atoms with van der Waals surface area (Å²) in [7, 11) is 0. The van der Waals surface area contributed by atoms with Crippen LogP contribution in [-0.4, -0.2) is 20.5 Å². The van der Waals surface area contributed by atoms with Crippen LogP contribution in [0.15, 0.2) is 24.7 Å². The fourth-order valence-corrected chi connectivity index (χ4v) is 3.51. The topological polar surface area (TPSA) is 59.3 Å². The van der Waals surface area contributed by atoms with E-state index in [-0.39, 0.29) is 11.8 Å². The van der Waals surface area contributed by atoms with Gasteiger partial charge < -0.3 is 5.32 Å². The zero-order chi connectivity index (χ0) is 12.8. The minimum Gasteiger partial charge on any atom is -0.325 e. The van der Waals surface area contributed by atoms with Crippen LogP contribution in [0.1, 0.15) is 25.7 Å². The van der Waals surface area contributed by atoms with Crippen molar-refractivity contribution in [3.05, 3.63) is 24.7 Å². The highest BCUT2D eigenvalue weighted by Crippen LogP contribution is 2.55. The summed E-state index contributed by atoms with van der Waals surface area (Å²) in [5, 5.41) is 10.8. The summed E-state index contributed by atoms with van der Waals surface area (Å²) in [6, 6.07) is 3.75. The summed E-state index contributed by atoms with van der Waals surface area (Å²) in [5.41, 5.74) is 1.61. The number of pyridine rings is 1. The predicted octanol–water partition coefficient (Wildman–Crippen LogP) is 2.10. The van der Waals surface area contributed by atoms with E-state index in [1.165, 1.54) is 25.7 Å². The average Bonchev–Trinajstić information content (AvgIpc) is 2.98. The van der Waals surface area contributed by atoms with Crippen molar-refractivity contribution in [1.82, 2.24) is 14.6 Å². The van der Waals surface area contributed by atoms with Gasteiger partial charge in [0.1, 0.15) is 6.33 Å². The molecule has 19 heavy (non-hydrogen) atoms. The van der Waals surface area contributed by atoms with Gasteiger partial charge in [-0.3, -0.25) is 9.20 Å². The first kappa shape index (κ1) is 11.0. The summed E-state index contributed by atoms with van der Waals surface area (Å²) < 4.78 is 1.82. The summed E-state index contributed by atoms with van der Waals surface area (Å²) in [4.78, 5) is 12.3. The molecule has 2 aromatic rings. The van der Waals surface area contributed by atoms with E-state index in [0.29, 0.717) is 11.8 Å². The molecule has 0 aliphatic heterocycles. The van der Waals surface area contributed by atoms with Crippen LogP contribution < -0.4 is 5.32 Å². The van der Waals surface area contributed by atoms with Gasteiger partial charge in [-0.1, -0.05) is 12.8 Å². The minimum absolute atomic E-state index is 0.185. The third-order valence-electron chi connectivity index (χ3n) is 4.52. The molecule has 2 heterocycles. The molecule has 2 saturated carbocycles. The fraction of sp³-hybridized carbons (Fsp3) is 0.500. The lowest BCUT2D eigenvalue weighted by molar-refractivity contribution is -0.117. The number of nitrogens with one attached hydrogen (secondary N) is 1. The highest BCUT2D eigenvalue weighted by atomic mass is 16.2. The van der Waals surface area contributed by atoms with Gasteiger partial charge in [-0.2, -0.15) is 0 Å². The molecule has 1 amide bonds. The van der Waals surface area contributed by atoms with Crippen LogP contribution in [-0.2, 0) is 4.79 Å². The van der Waals surface area contributed by atoms with Gasteiger partial charge in [-0.25, -0.2) is 0 Å². The summed E-state index contributed by atoms with van der Waals surface area (Å²) >= 11 is 0. The number of amides is 1. The molecule has 2 aromatic heterocycles. The average molecular weight is 256 g/mol. The van der Waals surface area contributed by atoms with E-state index < -0.39 is 0 Å². The van der Waals surface area contributed by atoms with Gasteiger partial charge in [-0.15, -0.1) is 10.2 Å². The van der Waals surface area contributed by atoms with Crippen molar-refractivity contribution in [2.24, 2.45) is 17.8 Å². The summed E-state index contributed by atoms with van der Waals surface area (Å²) in [6.45, 7) is 0. The Kier molecular flexibility index (Phi) is 2.33. The van der Waals surface area contributed by atoms with Crippen LogP contribution in [0.25, 0.3) is 5.65 Å². The normalized spacial score (nSPS) is 28.9. The van der Waals surface area contributed by atoms with E-state index >= 15 is 0 Å². The van der Waals surface area contributed by atoms with Gasteiger partial charge >= 0.3 is 0 Å². The zero-order valence-corrected chi connectivity index (χ0v) is 10.6. The van der Waals surface area contributed by atoms with Crippen molar-refractivity contribution in [2.75, 3.05) is 5.32 Å². The number of aromatic nitrogens is 3. The predicted molar refractivity (Wildman–Crippen MR) is 70.6 cm³/mol. The number of hydrogen-bond acceptors (Lipinski definition) is 3. The van der Waals surface area contributed by atoms with E-state index in [9.17, 15) is 4.79 Å². The van der Waals surface area contributed by atoms with Crippen molar-refractivity contribution in [2.45, 2.75) is 25.7 Å². The number of nitrogens with zero attached hydrogens (tertiary/aromatic N) is 3. The molecule has 5 nitrogen and oxygen atoms in total. The van der Waals surface area contributed by atoms with Crippen molar-refractivity contribution in [3.63, 3.8) is 0 Å². The molecule has 2 fully saturated rings. The molecule has 0 radical (unpaired) electrons. The highest BCUT2D eigenvalue weighted by Gasteiger charge is 2.54. The second-order valence-electron chi connectivity index (χ2n) is 5.64. The van der Waals surface area contributed by atoms with Crippen LogP contribution in [0, 0.1) is 17.8 Å². The van der Waals surface area contributed by atoms with Crippen LogP contribution in [0.4, 0.5) is 5.69 Å². The van der Waals surface area contributed by atoms with E-state index in [1.54, 1.807) is 6.33 Å². The van der Waals surface area contributed by atoms with Gasteiger partial charge in [0.05, 0.1) is 5.69 Å². The lowest BCUT2D eigenvalue weighted by atomic mass is 10.0. The highest BCUT2D eigenvalue weighted by molar-refractivity contribution is 5.94. The largest absolute Gasteiger partial charge is 0.325 e. The number of carbonyl (C=O) groups excluding carboxylic acids is 1. The first-order chi connectivity index (χ1) is 9.33. The SMILES string of the molecule is O=C(Nc1ccc2nncn2c1)C1C2CCCCC21. The molecule has 2 unspecified atom stereocenters. The molecule has 0 bridgehead atoms. The van der Waals surface area contributed by atoms with Crippen LogP contribution >= 0.6 is 0 Å². The molecular weight excluding hydrogens is 240 g/mol. The minimum atomic E-state index is 0.185. The van der Waals surface area contributed by atoms with Gasteiger partial charge in [0.2, 0.25) is 5.91 Å². The van der Waals surface area contributed by atoms with Crippen molar-refractivity contribution < 1.29 is 4.79 Å². The molecule has 0 saturated heterocycles. The smallest absolute Gasteiger partial charge is 0.228 e. The van der Waals surface area contributed by atoms with E-state index in [4.69, 9.17) is 0 Å². The van der Waals surface area contributed by atoms with Gasteiger partial charge in [-0.05, 0) is 36.8 Å². The molecular formula is C14H16N4O. The molecule has 0 aromatic carbocycles. The standard InChI is InChI=1S/C14H16N4O/c19-14(13-10-3-1-2-4-11(10)13)16-9-5-6-12-17-15-8-18(12)7-9/h5-8,10-11,13H,1-4H2,(H,16,19). The third-order valence-corrected chi connectivity index (χ3v) is 4.52. The van der Waals surface area contributed by atoms with E-state index in [2.05, 4.69) is 15.5 Å². The van der Waals surface area contributed by atoms with Gasteiger partial charge in [0.15, 0.2) is 5.65 Å². The Morgan fingerprint density at radius 3 is 2.84 bits per heavy atom. The van der Waals surface area contributed by atoms with E-state index in [1.807, 2.05) is 22.7 Å². The lowest BCUT2D eigenvalue weighted by Crippen LogP contribution is -2.15. The Morgan fingerprint density at radius 2 is 2.05 bits per heavy atom. The van der Waals surface area contributed by atoms with Crippen molar-refractivity contribution >= 4 is 17.2 Å². The molecule has 2 atom stereocenters. The third kappa shape index (κ3) is 1.80. The fourth-order valence-electron chi connectivity index (χ4n) is 3.51. The van der Waals surface area contributed by atoms with Gasteiger partial charge in [0.25, 0.3) is 0 Å². The molecule has 2 aliphatic carbocycles. The van der Waals surface area contributed by atoms with Crippen LogP contribution in [0.2, 0.25) is 0 Å².